The zero-order valence-corrected chi connectivity index (χ0v) is 11.1. The van der Waals surface area contributed by atoms with Crippen LogP contribution in [0.2, 0.25) is 0 Å². The lowest BCUT2D eigenvalue weighted by Crippen LogP contribution is -2.32. The van der Waals surface area contributed by atoms with Gasteiger partial charge in [-0.3, -0.25) is 4.79 Å². The van der Waals surface area contributed by atoms with Crippen LogP contribution in [0, 0.1) is 0 Å². The van der Waals surface area contributed by atoms with Crippen LogP contribution in [0.4, 0.5) is 5.69 Å². The van der Waals surface area contributed by atoms with Crippen molar-refractivity contribution < 1.29 is 14.6 Å². The number of piperidine rings is 1. The van der Waals surface area contributed by atoms with E-state index in [-0.39, 0.29) is 0 Å². The molecular weight excluding hydrogens is 244 g/mol. The molecule has 0 bridgehead atoms. The van der Waals surface area contributed by atoms with Crippen LogP contribution in [-0.4, -0.2) is 31.3 Å². The maximum atomic E-state index is 11.2. The lowest BCUT2D eigenvalue weighted by atomic mass is 10.0. The van der Waals surface area contributed by atoms with Crippen molar-refractivity contribution in [3.8, 4) is 5.75 Å². The Morgan fingerprint density at radius 1 is 1.37 bits per heavy atom. The zero-order chi connectivity index (χ0) is 13.8. The second kappa shape index (κ2) is 5.93. The normalized spacial score (nSPS) is 17.1. The Kier molecular flexibility index (Phi) is 4.27. The summed E-state index contributed by atoms with van der Waals surface area (Å²) in [5.41, 5.74) is 7.32. The van der Waals surface area contributed by atoms with Crippen LogP contribution in [0.5, 0.6) is 5.75 Å². The standard InChI is InChI=1S/C14H20N2O3/c1-19-10-5-6-12(16-7-3-2-4-8-16)11(9-10)13(15)14(17)18/h5-6,9,13H,2-4,7-8,15H2,1H3,(H,17,18). The molecule has 2 rings (SSSR count). The van der Waals surface area contributed by atoms with E-state index in [9.17, 15) is 4.79 Å². The van der Waals surface area contributed by atoms with Crippen molar-refractivity contribution in [1.29, 1.82) is 0 Å². The summed E-state index contributed by atoms with van der Waals surface area (Å²) >= 11 is 0. The van der Waals surface area contributed by atoms with Crippen LogP contribution in [0.15, 0.2) is 18.2 Å². The third-order valence-corrected chi connectivity index (χ3v) is 3.53. The molecule has 0 spiro atoms. The molecule has 5 nitrogen and oxygen atoms in total. The third-order valence-electron chi connectivity index (χ3n) is 3.53. The smallest absolute Gasteiger partial charge is 0.325 e. The van der Waals surface area contributed by atoms with Crippen LogP contribution in [0.3, 0.4) is 0 Å². The van der Waals surface area contributed by atoms with E-state index in [4.69, 9.17) is 15.6 Å². The lowest BCUT2D eigenvalue weighted by Gasteiger charge is -2.31. The van der Waals surface area contributed by atoms with E-state index in [0.717, 1.165) is 31.6 Å². The fourth-order valence-corrected chi connectivity index (χ4v) is 2.46. The number of carboxylic acid groups (broad SMARTS) is 1. The van der Waals surface area contributed by atoms with Gasteiger partial charge in [0.1, 0.15) is 11.8 Å². The van der Waals surface area contributed by atoms with Crippen LogP contribution in [0.25, 0.3) is 0 Å². The number of nitrogens with two attached hydrogens (primary N) is 1. The van der Waals surface area contributed by atoms with Crippen molar-refractivity contribution in [2.75, 3.05) is 25.1 Å². The molecule has 0 amide bonds. The van der Waals surface area contributed by atoms with Gasteiger partial charge in [0.2, 0.25) is 0 Å². The minimum absolute atomic E-state index is 0.619. The van der Waals surface area contributed by atoms with Crippen LogP contribution >= 0.6 is 0 Å². The first-order chi connectivity index (χ1) is 9.13. The number of rotatable bonds is 4. The molecule has 0 radical (unpaired) electrons. The van der Waals surface area contributed by atoms with Gasteiger partial charge < -0.3 is 20.5 Å². The quantitative estimate of drug-likeness (QED) is 0.866. The highest BCUT2D eigenvalue weighted by Gasteiger charge is 2.22. The van der Waals surface area contributed by atoms with Gasteiger partial charge in [0.05, 0.1) is 7.11 Å². The Morgan fingerprint density at radius 3 is 2.63 bits per heavy atom. The van der Waals surface area contributed by atoms with E-state index < -0.39 is 12.0 Å². The number of hydrogen-bond acceptors (Lipinski definition) is 4. The average molecular weight is 264 g/mol. The molecule has 1 saturated heterocycles. The van der Waals surface area contributed by atoms with Crippen molar-refractivity contribution in [2.45, 2.75) is 25.3 Å². The van der Waals surface area contributed by atoms with Crippen LogP contribution in [0.1, 0.15) is 30.9 Å². The number of anilines is 1. The second-order valence-electron chi connectivity index (χ2n) is 4.79. The summed E-state index contributed by atoms with van der Waals surface area (Å²) in [7, 11) is 1.56. The number of methoxy groups -OCH3 is 1. The highest BCUT2D eigenvalue weighted by Crippen LogP contribution is 2.31. The summed E-state index contributed by atoms with van der Waals surface area (Å²) < 4.78 is 5.16. The van der Waals surface area contributed by atoms with Crippen molar-refractivity contribution in [3.05, 3.63) is 23.8 Å². The van der Waals surface area contributed by atoms with E-state index >= 15 is 0 Å². The Morgan fingerprint density at radius 2 is 2.05 bits per heavy atom. The molecule has 0 aromatic heterocycles. The molecule has 1 atom stereocenters. The highest BCUT2D eigenvalue weighted by atomic mass is 16.5. The van der Waals surface area contributed by atoms with E-state index in [1.807, 2.05) is 12.1 Å². The largest absolute Gasteiger partial charge is 0.497 e. The SMILES string of the molecule is COc1ccc(N2CCCCC2)c(C(N)C(=O)O)c1. The van der Waals surface area contributed by atoms with Gasteiger partial charge in [-0.2, -0.15) is 0 Å². The average Bonchev–Trinajstić information content (AvgIpc) is 2.46. The predicted molar refractivity (Wildman–Crippen MR) is 73.6 cm³/mol. The maximum Gasteiger partial charge on any atom is 0.325 e. The second-order valence-corrected chi connectivity index (χ2v) is 4.79. The molecule has 1 aromatic rings. The van der Waals surface area contributed by atoms with Crippen molar-refractivity contribution >= 4 is 11.7 Å². The third kappa shape index (κ3) is 2.98. The summed E-state index contributed by atoms with van der Waals surface area (Å²) in [5.74, 6) is -0.390. The van der Waals surface area contributed by atoms with E-state index in [2.05, 4.69) is 4.90 Å². The molecule has 1 fully saturated rings. The molecule has 1 unspecified atom stereocenters. The van der Waals surface area contributed by atoms with Gasteiger partial charge in [-0.15, -0.1) is 0 Å². The lowest BCUT2D eigenvalue weighted by molar-refractivity contribution is -0.138. The van der Waals surface area contributed by atoms with Gasteiger partial charge in [-0.1, -0.05) is 0 Å². The summed E-state index contributed by atoms with van der Waals surface area (Å²) in [6.07, 6.45) is 3.49. The first-order valence-corrected chi connectivity index (χ1v) is 6.54. The molecule has 0 saturated carbocycles. The number of aliphatic carboxylic acids is 1. The number of carbonyl (C=O) groups is 1. The predicted octanol–water partition coefficient (Wildman–Crippen LogP) is 1.77. The summed E-state index contributed by atoms with van der Waals surface area (Å²) in [5, 5.41) is 9.14. The van der Waals surface area contributed by atoms with Crippen molar-refractivity contribution in [1.82, 2.24) is 0 Å². The van der Waals surface area contributed by atoms with Crippen molar-refractivity contribution in [3.63, 3.8) is 0 Å². The zero-order valence-electron chi connectivity index (χ0n) is 11.1. The summed E-state index contributed by atoms with van der Waals surface area (Å²) in [6, 6.07) is 4.46. The van der Waals surface area contributed by atoms with Gasteiger partial charge >= 0.3 is 5.97 Å². The molecular formula is C14H20N2O3. The highest BCUT2D eigenvalue weighted by molar-refractivity contribution is 5.79. The number of nitrogens with zero attached hydrogens (tertiary/aromatic N) is 1. The number of carboxylic acids is 1. The molecule has 19 heavy (non-hydrogen) atoms. The van der Waals surface area contributed by atoms with Gasteiger partial charge in [-0.05, 0) is 37.5 Å². The first kappa shape index (κ1) is 13.7. The fourth-order valence-electron chi connectivity index (χ4n) is 2.46. The minimum Gasteiger partial charge on any atom is -0.497 e. The topological polar surface area (TPSA) is 75.8 Å². The molecule has 104 valence electrons. The molecule has 1 aliphatic heterocycles. The fraction of sp³-hybridized carbons (Fsp3) is 0.500. The molecule has 1 aromatic carbocycles. The Bertz CT molecular complexity index is 456. The molecule has 3 N–H and O–H groups in total. The van der Waals surface area contributed by atoms with Gasteiger partial charge in [0.25, 0.3) is 0 Å². The molecule has 1 heterocycles. The maximum absolute atomic E-state index is 11.2. The minimum atomic E-state index is -1.02. The van der Waals surface area contributed by atoms with Gasteiger partial charge in [0, 0.05) is 24.3 Å². The molecule has 5 heteroatoms. The van der Waals surface area contributed by atoms with Gasteiger partial charge in [-0.25, -0.2) is 0 Å². The van der Waals surface area contributed by atoms with E-state index in [1.54, 1.807) is 13.2 Å². The number of hydrogen-bond donors (Lipinski definition) is 2. The number of benzene rings is 1. The molecule has 0 aliphatic carbocycles. The monoisotopic (exact) mass is 264 g/mol. The summed E-state index contributed by atoms with van der Waals surface area (Å²) in [6.45, 7) is 1.90. The van der Waals surface area contributed by atoms with Gasteiger partial charge in [0.15, 0.2) is 0 Å². The Balaban J connectivity index is 2.37. The Hall–Kier alpha value is -1.75. The number of ether oxygens (including phenoxy) is 1. The Labute approximate surface area is 113 Å². The summed E-state index contributed by atoms with van der Waals surface area (Å²) in [4.78, 5) is 13.4. The van der Waals surface area contributed by atoms with Crippen LogP contribution < -0.4 is 15.4 Å². The molecule has 1 aliphatic rings. The van der Waals surface area contributed by atoms with E-state index in [0.29, 0.717) is 11.3 Å². The van der Waals surface area contributed by atoms with Crippen molar-refractivity contribution in [2.24, 2.45) is 5.73 Å². The van der Waals surface area contributed by atoms with Crippen LogP contribution in [-0.2, 0) is 4.79 Å². The van der Waals surface area contributed by atoms with E-state index in [1.165, 1.54) is 6.42 Å². The first-order valence-electron chi connectivity index (χ1n) is 6.54.